The van der Waals surface area contributed by atoms with Gasteiger partial charge in [0.05, 0.1) is 11.5 Å². The minimum absolute atomic E-state index is 0.377. The maximum Gasteiger partial charge on any atom is 0.150 e. The summed E-state index contributed by atoms with van der Waals surface area (Å²) in [6.07, 6.45) is 9.83. The zero-order chi connectivity index (χ0) is 13.0. The van der Waals surface area contributed by atoms with Crippen LogP contribution in [0.4, 0.5) is 0 Å². The Morgan fingerprint density at radius 2 is 1.50 bits per heavy atom. The Kier molecular flexibility index (Phi) is 5.07. The lowest BCUT2D eigenvalue weighted by atomic mass is 9.92. The van der Waals surface area contributed by atoms with Gasteiger partial charge in [-0.3, -0.25) is 0 Å². The summed E-state index contributed by atoms with van der Waals surface area (Å²) in [4.78, 5) is 0. The number of nitrogens with one attached hydrogen (secondary N) is 1. The summed E-state index contributed by atoms with van der Waals surface area (Å²) in [7, 11) is -2.72. The highest BCUT2D eigenvalue weighted by molar-refractivity contribution is 7.91. The van der Waals surface area contributed by atoms with E-state index in [9.17, 15) is 8.42 Å². The van der Waals surface area contributed by atoms with E-state index in [0.29, 0.717) is 23.6 Å². The molecule has 1 aliphatic carbocycles. The van der Waals surface area contributed by atoms with Crippen LogP contribution < -0.4 is 5.32 Å². The van der Waals surface area contributed by atoms with Crippen LogP contribution in [0.25, 0.3) is 0 Å². The summed E-state index contributed by atoms with van der Waals surface area (Å²) >= 11 is 0. The van der Waals surface area contributed by atoms with Crippen LogP contribution >= 0.6 is 0 Å². The second kappa shape index (κ2) is 6.38. The van der Waals surface area contributed by atoms with Crippen LogP contribution in [0.1, 0.15) is 58.3 Å². The molecule has 1 heterocycles. The van der Waals surface area contributed by atoms with Crippen LogP contribution in [-0.4, -0.2) is 32.0 Å². The molecule has 4 heteroatoms. The lowest BCUT2D eigenvalue weighted by Crippen LogP contribution is -2.44. The fourth-order valence-corrected chi connectivity index (χ4v) is 4.87. The number of hydrogen-bond acceptors (Lipinski definition) is 3. The Bertz CT molecular complexity index is 331. The van der Waals surface area contributed by atoms with Crippen molar-refractivity contribution in [2.45, 2.75) is 70.4 Å². The van der Waals surface area contributed by atoms with Crippen molar-refractivity contribution < 1.29 is 8.42 Å². The van der Waals surface area contributed by atoms with Crippen molar-refractivity contribution in [2.75, 3.05) is 11.5 Å². The molecule has 3 nitrogen and oxygen atoms in total. The van der Waals surface area contributed by atoms with E-state index in [0.717, 1.165) is 18.8 Å². The van der Waals surface area contributed by atoms with E-state index in [-0.39, 0.29) is 0 Å². The molecule has 1 saturated heterocycles. The van der Waals surface area contributed by atoms with Gasteiger partial charge in [0.1, 0.15) is 9.84 Å². The summed E-state index contributed by atoms with van der Waals surface area (Å²) in [5.74, 6) is 1.55. The first-order chi connectivity index (χ1) is 8.57. The largest absolute Gasteiger partial charge is 0.311 e. The van der Waals surface area contributed by atoms with Crippen molar-refractivity contribution in [1.82, 2.24) is 5.32 Å². The van der Waals surface area contributed by atoms with Gasteiger partial charge in [-0.1, -0.05) is 25.7 Å². The fourth-order valence-electron chi connectivity index (χ4n) is 3.38. The predicted molar refractivity (Wildman–Crippen MR) is 75.5 cm³/mol. The third-order valence-corrected chi connectivity index (χ3v) is 6.38. The Morgan fingerprint density at radius 1 is 0.944 bits per heavy atom. The fraction of sp³-hybridized carbons (Fsp3) is 1.00. The van der Waals surface area contributed by atoms with E-state index in [2.05, 4.69) is 12.2 Å². The summed E-state index contributed by atoms with van der Waals surface area (Å²) in [5, 5.41) is 3.69. The van der Waals surface area contributed by atoms with Crippen molar-refractivity contribution in [3.8, 4) is 0 Å². The Morgan fingerprint density at radius 3 is 2.06 bits per heavy atom. The Labute approximate surface area is 112 Å². The van der Waals surface area contributed by atoms with Gasteiger partial charge < -0.3 is 5.32 Å². The van der Waals surface area contributed by atoms with Gasteiger partial charge >= 0.3 is 0 Å². The number of sulfone groups is 1. The van der Waals surface area contributed by atoms with Crippen molar-refractivity contribution in [2.24, 2.45) is 5.92 Å². The van der Waals surface area contributed by atoms with Gasteiger partial charge in [-0.05, 0) is 38.5 Å². The Hall–Kier alpha value is -0.0900. The summed E-state index contributed by atoms with van der Waals surface area (Å²) in [6.45, 7) is 2.29. The van der Waals surface area contributed by atoms with E-state index in [4.69, 9.17) is 0 Å². The van der Waals surface area contributed by atoms with Crippen LogP contribution in [-0.2, 0) is 9.84 Å². The molecule has 2 rings (SSSR count). The van der Waals surface area contributed by atoms with Gasteiger partial charge in [0.15, 0.2) is 0 Å². The smallest absolute Gasteiger partial charge is 0.150 e. The van der Waals surface area contributed by atoms with Crippen LogP contribution in [0.3, 0.4) is 0 Å². The summed E-state index contributed by atoms with van der Waals surface area (Å²) < 4.78 is 22.8. The SMILES string of the molecule is C[C@H](NC1CCS(=O)(=O)CC1)C1CCCCCC1. The van der Waals surface area contributed by atoms with Gasteiger partial charge in [-0.2, -0.15) is 0 Å². The second-order valence-corrected chi connectivity index (χ2v) is 8.44. The van der Waals surface area contributed by atoms with Crippen molar-refractivity contribution in [3.05, 3.63) is 0 Å². The topological polar surface area (TPSA) is 46.2 Å². The van der Waals surface area contributed by atoms with E-state index in [1.54, 1.807) is 0 Å². The number of rotatable bonds is 3. The second-order valence-electron chi connectivity index (χ2n) is 6.13. The third-order valence-electron chi connectivity index (χ3n) is 4.66. The van der Waals surface area contributed by atoms with Crippen LogP contribution in [0, 0.1) is 5.92 Å². The molecule has 0 aromatic heterocycles. The third kappa shape index (κ3) is 4.23. The highest BCUT2D eigenvalue weighted by Gasteiger charge is 2.26. The average Bonchev–Trinajstić information content (AvgIpc) is 2.60. The normalized spacial score (nSPS) is 28.7. The van der Waals surface area contributed by atoms with Crippen molar-refractivity contribution >= 4 is 9.84 Å². The molecule has 1 N–H and O–H groups in total. The minimum atomic E-state index is -2.72. The molecule has 18 heavy (non-hydrogen) atoms. The van der Waals surface area contributed by atoms with Gasteiger partial charge in [0.25, 0.3) is 0 Å². The molecule has 0 radical (unpaired) electrons. The first-order valence-corrected chi connectivity index (χ1v) is 9.35. The zero-order valence-corrected chi connectivity index (χ0v) is 12.3. The van der Waals surface area contributed by atoms with Crippen LogP contribution in [0.15, 0.2) is 0 Å². The lowest BCUT2D eigenvalue weighted by Gasteiger charge is -2.31. The van der Waals surface area contributed by atoms with Gasteiger partial charge in [0.2, 0.25) is 0 Å². The highest BCUT2D eigenvalue weighted by Crippen LogP contribution is 2.26. The zero-order valence-electron chi connectivity index (χ0n) is 11.5. The molecule has 0 amide bonds. The Balaban J connectivity index is 1.78. The molecule has 1 saturated carbocycles. The van der Waals surface area contributed by atoms with Crippen LogP contribution in [0.5, 0.6) is 0 Å². The lowest BCUT2D eigenvalue weighted by molar-refractivity contribution is 0.299. The standard InChI is InChI=1S/C14H27NO2S/c1-12(13-6-4-2-3-5-7-13)15-14-8-10-18(16,17)11-9-14/h12-15H,2-11H2,1H3/t12-/m0/s1. The predicted octanol–water partition coefficient (Wildman–Crippen LogP) is 2.51. The molecule has 1 atom stereocenters. The first kappa shape index (κ1) is 14.3. The molecule has 2 aliphatic rings. The molecular formula is C14H27NO2S. The summed E-state index contributed by atoms with van der Waals surface area (Å²) in [5.41, 5.74) is 0. The van der Waals surface area contributed by atoms with E-state index in [1.165, 1.54) is 38.5 Å². The molecule has 0 unspecified atom stereocenters. The maximum atomic E-state index is 11.4. The highest BCUT2D eigenvalue weighted by atomic mass is 32.2. The molecule has 0 bridgehead atoms. The molecule has 2 fully saturated rings. The van der Waals surface area contributed by atoms with Gasteiger partial charge in [-0.25, -0.2) is 8.42 Å². The maximum absolute atomic E-state index is 11.4. The average molecular weight is 273 g/mol. The quantitative estimate of drug-likeness (QED) is 0.804. The summed E-state index contributed by atoms with van der Waals surface area (Å²) in [6, 6.07) is 0.973. The molecule has 0 spiro atoms. The first-order valence-electron chi connectivity index (χ1n) is 7.53. The van der Waals surface area contributed by atoms with Gasteiger partial charge in [0, 0.05) is 12.1 Å². The molecular weight excluding hydrogens is 246 g/mol. The van der Waals surface area contributed by atoms with E-state index < -0.39 is 9.84 Å². The van der Waals surface area contributed by atoms with Crippen LogP contribution in [0.2, 0.25) is 0 Å². The minimum Gasteiger partial charge on any atom is -0.311 e. The monoisotopic (exact) mass is 273 g/mol. The molecule has 1 aliphatic heterocycles. The number of hydrogen-bond donors (Lipinski definition) is 1. The molecule has 106 valence electrons. The van der Waals surface area contributed by atoms with Crippen molar-refractivity contribution in [3.63, 3.8) is 0 Å². The van der Waals surface area contributed by atoms with Crippen molar-refractivity contribution in [1.29, 1.82) is 0 Å². The molecule has 0 aromatic carbocycles. The van der Waals surface area contributed by atoms with E-state index in [1.807, 2.05) is 0 Å². The van der Waals surface area contributed by atoms with Gasteiger partial charge in [-0.15, -0.1) is 0 Å². The molecule has 0 aromatic rings. The van der Waals surface area contributed by atoms with E-state index >= 15 is 0 Å².